The van der Waals surface area contributed by atoms with Gasteiger partial charge in [0.2, 0.25) is 0 Å². The minimum atomic E-state index is 0.155. The summed E-state index contributed by atoms with van der Waals surface area (Å²) >= 11 is 0. The molecule has 0 amide bonds. The Morgan fingerprint density at radius 1 is 1.64 bits per heavy atom. The van der Waals surface area contributed by atoms with Crippen molar-refractivity contribution in [3.8, 4) is 0 Å². The molecule has 1 aliphatic heterocycles. The van der Waals surface area contributed by atoms with Crippen LogP contribution in [0.4, 0.5) is 0 Å². The minimum absolute atomic E-state index is 0.155. The lowest BCUT2D eigenvalue weighted by molar-refractivity contribution is 0.0839. The lowest BCUT2D eigenvalue weighted by Gasteiger charge is -2.30. The van der Waals surface area contributed by atoms with Crippen molar-refractivity contribution in [2.45, 2.75) is 38.8 Å². The number of rotatable bonds is 5. The van der Waals surface area contributed by atoms with Gasteiger partial charge in [-0.2, -0.15) is 0 Å². The molecular weight excluding hydrogens is 178 g/mol. The van der Waals surface area contributed by atoms with Crippen LogP contribution in [0.15, 0.2) is 0 Å². The summed E-state index contributed by atoms with van der Waals surface area (Å²) in [5.74, 6) is 0.560. The second-order valence-electron chi connectivity index (χ2n) is 4.62. The zero-order valence-corrected chi connectivity index (χ0v) is 9.80. The van der Waals surface area contributed by atoms with Crippen LogP contribution < -0.4 is 5.32 Å². The number of nitrogens with one attached hydrogen (secondary N) is 1. The fourth-order valence-corrected chi connectivity index (χ4v) is 1.82. The van der Waals surface area contributed by atoms with Crippen molar-refractivity contribution in [3.05, 3.63) is 0 Å². The highest BCUT2D eigenvalue weighted by atomic mass is 16.5. The quantitative estimate of drug-likeness (QED) is 0.730. The Balaban J connectivity index is 2.29. The molecule has 0 bridgehead atoms. The first-order valence-corrected chi connectivity index (χ1v) is 5.44. The summed E-state index contributed by atoms with van der Waals surface area (Å²) in [5, 5.41) is 3.59. The highest BCUT2D eigenvalue weighted by molar-refractivity contribution is 4.93. The van der Waals surface area contributed by atoms with Gasteiger partial charge in [0.25, 0.3) is 0 Å². The Morgan fingerprint density at radius 2 is 2.36 bits per heavy atom. The standard InChI is InChI=1S/C11H23NO2/c1-9(8-13-4)7-12-11(3)5-6-14-10(11)2/h9-10,12H,5-8H2,1-4H3. The number of hydrogen-bond donors (Lipinski definition) is 1. The summed E-state index contributed by atoms with van der Waals surface area (Å²) in [6.07, 6.45) is 1.42. The van der Waals surface area contributed by atoms with Crippen molar-refractivity contribution >= 4 is 0 Å². The molecule has 84 valence electrons. The van der Waals surface area contributed by atoms with E-state index in [2.05, 4.69) is 26.1 Å². The van der Waals surface area contributed by atoms with Gasteiger partial charge in [-0.1, -0.05) is 6.92 Å². The van der Waals surface area contributed by atoms with Crippen molar-refractivity contribution in [2.75, 3.05) is 26.9 Å². The molecule has 0 aromatic heterocycles. The second kappa shape index (κ2) is 5.10. The summed E-state index contributed by atoms with van der Waals surface area (Å²) < 4.78 is 10.7. The largest absolute Gasteiger partial charge is 0.384 e. The van der Waals surface area contributed by atoms with Gasteiger partial charge in [-0.15, -0.1) is 0 Å². The van der Waals surface area contributed by atoms with Gasteiger partial charge in [0.05, 0.1) is 6.10 Å². The van der Waals surface area contributed by atoms with Gasteiger partial charge in [0.1, 0.15) is 0 Å². The predicted octanol–water partition coefficient (Wildman–Crippen LogP) is 1.43. The van der Waals surface area contributed by atoms with Crippen LogP contribution in [0.2, 0.25) is 0 Å². The fraction of sp³-hybridized carbons (Fsp3) is 1.00. The Labute approximate surface area is 87.2 Å². The first-order chi connectivity index (χ1) is 6.58. The van der Waals surface area contributed by atoms with Crippen LogP contribution in [0.3, 0.4) is 0 Å². The van der Waals surface area contributed by atoms with E-state index in [1.165, 1.54) is 0 Å². The molecule has 1 fully saturated rings. The predicted molar refractivity (Wildman–Crippen MR) is 57.5 cm³/mol. The monoisotopic (exact) mass is 201 g/mol. The summed E-state index contributed by atoms with van der Waals surface area (Å²) in [7, 11) is 1.75. The highest BCUT2D eigenvalue weighted by Gasteiger charge is 2.36. The van der Waals surface area contributed by atoms with Crippen LogP contribution >= 0.6 is 0 Å². The zero-order valence-electron chi connectivity index (χ0n) is 9.80. The Bertz CT molecular complexity index is 175. The van der Waals surface area contributed by atoms with Crippen LogP contribution in [-0.2, 0) is 9.47 Å². The van der Waals surface area contributed by atoms with Gasteiger partial charge in [-0.05, 0) is 26.2 Å². The van der Waals surface area contributed by atoms with Gasteiger partial charge in [0, 0.05) is 32.4 Å². The van der Waals surface area contributed by atoms with E-state index >= 15 is 0 Å². The average Bonchev–Trinajstić information content (AvgIpc) is 2.46. The van der Waals surface area contributed by atoms with Crippen molar-refractivity contribution < 1.29 is 9.47 Å². The number of methoxy groups -OCH3 is 1. The first kappa shape index (κ1) is 12.0. The molecule has 3 atom stereocenters. The SMILES string of the molecule is COCC(C)CNC1(C)CCOC1C. The molecule has 0 radical (unpaired) electrons. The fourth-order valence-electron chi connectivity index (χ4n) is 1.82. The molecule has 0 aromatic rings. The van der Waals surface area contributed by atoms with Crippen LogP contribution in [0.1, 0.15) is 27.2 Å². The van der Waals surface area contributed by atoms with Crippen molar-refractivity contribution in [1.82, 2.24) is 5.32 Å². The Kier molecular flexibility index (Phi) is 4.35. The molecule has 0 aliphatic carbocycles. The average molecular weight is 201 g/mol. The van der Waals surface area contributed by atoms with Crippen molar-refractivity contribution in [2.24, 2.45) is 5.92 Å². The molecule has 1 saturated heterocycles. The number of ether oxygens (including phenoxy) is 2. The third-order valence-electron chi connectivity index (χ3n) is 3.19. The third kappa shape index (κ3) is 2.94. The molecule has 1 N–H and O–H groups in total. The third-order valence-corrected chi connectivity index (χ3v) is 3.19. The highest BCUT2D eigenvalue weighted by Crippen LogP contribution is 2.25. The zero-order chi connectivity index (χ0) is 10.6. The molecule has 0 saturated carbocycles. The molecular formula is C11H23NO2. The van der Waals surface area contributed by atoms with E-state index in [0.717, 1.165) is 26.2 Å². The normalized spacial score (nSPS) is 34.7. The van der Waals surface area contributed by atoms with Gasteiger partial charge in [0.15, 0.2) is 0 Å². The van der Waals surface area contributed by atoms with E-state index < -0.39 is 0 Å². The van der Waals surface area contributed by atoms with E-state index in [9.17, 15) is 0 Å². The van der Waals surface area contributed by atoms with Gasteiger partial charge in [-0.3, -0.25) is 0 Å². The second-order valence-corrected chi connectivity index (χ2v) is 4.62. The lowest BCUT2D eigenvalue weighted by atomic mass is 9.94. The Hall–Kier alpha value is -0.120. The summed E-state index contributed by atoms with van der Waals surface area (Å²) in [4.78, 5) is 0. The van der Waals surface area contributed by atoms with Gasteiger partial charge >= 0.3 is 0 Å². The van der Waals surface area contributed by atoms with Crippen LogP contribution in [0.25, 0.3) is 0 Å². The van der Waals surface area contributed by atoms with E-state index in [-0.39, 0.29) is 5.54 Å². The van der Waals surface area contributed by atoms with E-state index in [4.69, 9.17) is 9.47 Å². The van der Waals surface area contributed by atoms with Crippen LogP contribution in [-0.4, -0.2) is 38.5 Å². The van der Waals surface area contributed by atoms with E-state index in [0.29, 0.717) is 12.0 Å². The first-order valence-electron chi connectivity index (χ1n) is 5.44. The topological polar surface area (TPSA) is 30.5 Å². The molecule has 1 rings (SSSR count). The molecule has 0 spiro atoms. The molecule has 1 aliphatic rings. The molecule has 1 heterocycles. The minimum Gasteiger partial charge on any atom is -0.384 e. The smallest absolute Gasteiger partial charge is 0.0726 e. The number of hydrogen-bond acceptors (Lipinski definition) is 3. The van der Waals surface area contributed by atoms with Crippen molar-refractivity contribution in [1.29, 1.82) is 0 Å². The summed E-state index contributed by atoms with van der Waals surface area (Å²) in [6, 6.07) is 0. The van der Waals surface area contributed by atoms with E-state index in [1.807, 2.05) is 0 Å². The maximum absolute atomic E-state index is 5.57. The van der Waals surface area contributed by atoms with Crippen molar-refractivity contribution in [3.63, 3.8) is 0 Å². The molecule has 3 nitrogen and oxygen atoms in total. The molecule has 0 aromatic carbocycles. The van der Waals surface area contributed by atoms with Gasteiger partial charge < -0.3 is 14.8 Å². The van der Waals surface area contributed by atoms with E-state index in [1.54, 1.807) is 7.11 Å². The summed E-state index contributed by atoms with van der Waals surface area (Å²) in [5.41, 5.74) is 0.155. The van der Waals surface area contributed by atoms with Crippen LogP contribution in [0, 0.1) is 5.92 Å². The molecule has 14 heavy (non-hydrogen) atoms. The molecule has 3 heteroatoms. The van der Waals surface area contributed by atoms with Crippen LogP contribution in [0.5, 0.6) is 0 Å². The summed E-state index contributed by atoms with van der Waals surface area (Å²) in [6.45, 7) is 9.27. The van der Waals surface area contributed by atoms with Gasteiger partial charge in [-0.25, -0.2) is 0 Å². The Morgan fingerprint density at radius 3 is 2.86 bits per heavy atom. The molecule has 3 unspecified atom stereocenters. The lowest BCUT2D eigenvalue weighted by Crippen LogP contribution is -2.49. The maximum atomic E-state index is 5.57. The maximum Gasteiger partial charge on any atom is 0.0726 e.